The fourth-order valence-corrected chi connectivity index (χ4v) is 1.55. The van der Waals surface area contributed by atoms with E-state index in [-0.39, 0.29) is 0 Å². The van der Waals surface area contributed by atoms with Crippen molar-refractivity contribution >= 4 is 11.6 Å². The summed E-state index contributed by atoms with van der Waals surface area (Å²) < 4.78 is 1.82. The van der Waals surface area contributed by atoms with Crippen LogP contribution in [0.4, 0.5) is 0 Å². The quantitative estimate of drug-likeness (QED) is 0.757. The van der Waals surface area contributed by atoms with Crippen molar-refractivity contribution < 1.29 is 9.90 Å². The Hall–Kier alpha value is -1.88. The summed E-state index contributed by atoms with van der Waals surface area (Å²) in [7, 11) is 0. The summed E-state index contributed by atoms with van der Waals surface area (Å²) in [6.45, 7) is 1.80. The molecule has 0 bridgehead atoms. The van der Waals surface area contributed by atoms with Gasteiger partial charge in [0.05, 0.1) is 5.69 Å². The minimum atomic E-state index is -1.07. The van der Waals surface area contributed by atoms with Crippen LogP contribution in [-0.4, -0.2) is 20.5 Å². The summed E-state index contributed by atoms with van der Waals surface area (Å²) in [5.74, 6) is -1.07. The molecule has 2 rings (SSSR count). The monoisotopic (exact) mass is 205 g/mol. The summed E-state index contributed by atoms with van der Waals surface area (Å²) in [6, 6.07) is 4.45. The van der Waals surface area contributed by atoms with Crippen molar-refractivity contribution in [3.63, 3.8) is 0 Å². The number of rotatable bonds is 2. The van der Waals surface area contributed by atoms with Crippen molar-refractivity contribution in [3.05, 3.63) is 35.8 Å². The normalized spacial score (nSPS) is 12.9. The molecule has 0 aliphatic heterocycles. The molecule has 0 saturated heterocycles. The second kappa shape index (κ2) is 3.36. The fourth-order valence-electron chi connectivity index (χ4n) is 1.55. The maximum Gasteiger partial charge on any atom is 0.326 e. The van der Waals surface area contributed by atoms with E-state index in [2.05, 4.69) is 4.98 Å². The number of aryl methyl sites for hydroxylation is 1. The Labute approximate surface area is 86.2 Å². The number of pyridine rings is 1. The van der Waals surface area contributed by atoms with Crippen molar-refractivity contribution in [2.24, 2.45) is 5.73 Å². The van der Waals surface area contributed by atoms with Gasteiger partial charge in [0, 0.05) is 11.9 Å². The average Bonchev–Trinajstić information content (AvgIpc) is 2.56. The zero-order valence-electron chi connectivity index (χ0n) is 8.21. The third-order valence-electron chi connectivity index (χ3n) is 2.37. The first-order valence-corrected chi connectivity index (χ1v) is 4.53. The lowest BCUT2D eigenvalue weighted by molar-refractivity contribution is -0.138. The largest absolute Gasteiger partial charge is 0.480 e. The van der Waals surface area contributed by atoms with Gasteiger partial charge in [-0.15, -0.1) is 0 Å². The van der Waals surface area contributed by atoms with E-state index in [1.54, 1.807) is 6.92 Å². The van der Waals surface area contributed by atoms with Crippen LogP contribution in [0.15, 0.2) is 24.4 Å². The summed E-state index contributed by atoms with van der Waals surface area (Å²) in [5.41, 5.74) is 7.41. The van der Waals surface area contributed by atoms with Crippen molar-refractivity contribution in [2.75, 3.05) is 0 Å². The van der Waals surface area contributed by atoms with Gasteiger partial charge in [-0.2, -0.15) is 0 Å². The van der Waals surface area contributed by atoms with Crippen LogP contribution >= 0.6 is 0 Å². The fraction of sp³-hybridized carbons (Fsp3) is 0.200. The van der Waals surface area contributed by atoms with E-state index in [4.69, 9.17) is 10.8 Å². The topological polar surface area (TPSA) is 80.6 Å². The van der Waals surface area contributed by atoms with Gasteiger partial charge in [0.15, 0.2) is 0 Å². The molecule has 0 fully saturated rings. The lowest BCUT2D eigenvalue weighted by Gasteiger charge is -2.03. The number of nitrogens with two attached hydrogens (primary N) is 1. The molecule has 0 spiro atoms. The molecule has 1 unspecified atom stereocenters. The number of carboxylic acids is 1. The Balaban J connectivity index is 2.63. The molecule has 2 heterocycles. The lowest BCUT2D eigenvalue weighted by atomic mass is 10.2. The Morgan fingerprint density at radius 2 is 2.33 bits per heavy atom. The molecule has 5 nitrogen and oxygen atoms in total. The van der Waals surface area contributed by atoms with Gasteiger partial charge in [-0.05, 0) is 19.1 Å². The summed E-state index contributed by atoms with van der Waals surface area (Å²) in [6.07, 6.45) is 1.83. The van der Waals surface area contributed by atoms with Gasteiger partial charge in [-0.25, -0.2) is 4.98 Å². The number of hydrogen-bond donors (Lipinski definition) is 2. The number of imidazole rings is 1. The second-order valence-corrected chi connectivity index (χ2v) is 3.33. The number of carbonyl (C=O) groups is 1. The standard InChI is InChI=1S/C10H11N3O2/c1-6-9(8(11)10(14)15)12-7-4-2-3-5-13(6)7/h2-5,8H,11H2,1H3,(H,14,15). The van der Waals surface area contributed by atoms with E-state index >= 15 is 0 Å². The first kappa shape index (κ1) is 9.67. The number of nitrogens with zero attached hydrogens (tertiary/aromatic N) is 2. The SMILES string of the molecule is Cc1c(C(N)C(=O)O)nc2ccccn12. The van der Waals surface area contributed by atoms with Crippen LogP contribution in [0, 0.1) is 6.92 Å². The molecular weight excluding hydrogens is 194 g/mol. The molecule has 2 aromatic heterocycles. The highest BCUT2D eigenvalue weighted by atomic mass is 16.4. The average molecular weight is 205 g/mol. The highest BCUT2D eigenvalue weighted by molar-refractivity contribution is 5.75. The van der Waals surface area contributed by atoms with E-state index in [9.17, 15) is 4.79 Å². The molecule has 1 atom stereocenters. The minimum Gasteiger partial charge on any atom is -0.480 e. The van der Waals surface area contributed by atoms with Crippen LogP contribution in [0.1, 0.15) is 17.4 Å². The number of fused-ring (bicyclic) bond motifs is 1. The molecule has 0 saturated carbocycles. The van der Waals surface area contributed by atoms with E-state index in [1.165, 1.54) is 0 Å². The predicted molar refractivity (Wildman–Crippen MR) is 54.5 cm³/mol. The lowest BCUT2D eigenvalue weighted by Crippen LogP contribution is -2.21. The smallest absolute Gasteiger partial charge is 0.326 e. The zero-order chi connectivity index (χ0) is 11.0. The summed E-state index contributed by atoms with van der Waals surface area (Å²) >= 11 is 0. The van der Waals surface area contributed by atoms with Gasteiger partial charge in [0.2, 0.25) is 0 Å². The Kier molecular flexibility index (Phi) is 2.17. The highest BCUT2D eigenvalue weighted by Gasteiger charge is 2.20. The van der Waals surface area contributed by atoms with Crippen LogP contribution in [0.3, 0.4) is 0 Å². The summed E-state index contributed by atoms with van der Waals surface area (Å²) in [4.78, 5) is 14.9. The van der Waals surface area contributed by atoms with Crippen LogP contribution in [0.2, 0.25) is 0 Å². The van der Waals surface area contributed by atoms with E-state index in [1.807, 2.05) is 28.8 Å². The predicted octanol–water partition coefficient (Wildman–Crippen LogP) is 0.727. The van der Waals surface area contributed by atoms with Crippen LogP contribution < -0.4 is 5.73 Å². The van der Waals surface area contributed by atoms with Crippen LogP contribution in [-0.2, 0) is 4.79 Å². The van der Waals surface area contributed by atoms with Gasteiger partial charge in [-0.1, -0.05) is 6.07 Å². The molecule has 15 heavy (non-hydrogen) atoms. The molecule has 0 aromatic carbocycles. The number of carboxylic acid groups (broad SMARTS) is 1. The van der Waals surface area contributed by atoms with Gasteiger partial charge < -0.3 is 15.2 Å². The third kappa shape index (κ3) is 1.46. The van der Waals surface area contributed by atoms with E-state index < -0.39 is 12.0 Å². The Morgan fingerprint density at radius 1 is 1.60 bits per heavy atom. The number of aliphatic carboxylic acids is 1. The van der Waals surface area contributed by atoms with Gasteiger partial charge in [0.1, 0.15) is 11.7 Å². The molecule has 0 aliphatic carbocycles. The first-order chi connectivity index (χ1) is 7.11. The maximum atomic E-state index is 10.8. The molecule has 0 aliphatic rings. The molecule has 2 aromatic rings. The molecular formula is C10H11N3O2. The van der Waals surface area contributed by atoms with Crippen molar-refractivity contribution in [1.82, 2.24) is 9.38 Å². The third-order valence-corrected chi connectivity index (χ3v) is 2.37. The number of aromatic nitrogens is 2. The van der Waals surface area contributed by atoms with Crippen LogP contribution in [0.25, 0.3) is 5.65 Å². The van der Waals surface area contributed by atoms with Crippen molar-refractivity contribution in [1.29, 1.82) is 0 Å². The van der Waals surface area contributed by atoms with Gasteiger partial charge >= 0.3 is 5.97 Å². The Morgan fingerprint density at radius 3 is 2.93 bits per heavy atom. The summed E-state index contributed by atoms with van der Waals surface area (Å²) in [5, 5.41) is 8.81. The zero-order valence-corrected chi connectivity index (χ0v) is 8.21. The maximum absolute atomic E-state index is 10.8. The molecule has 0 radical (unpaired) electrons. The molecule has 0 amide bonds. The molecule has 5 heteroatoms. The molecule has 78 valence electrons. The van der Waals surface area contributed by atoms with Gasteiger partial charge in [-0.3, -0.25) is 4.79 Å². The van der Waals surface area contributed by atoms with E-state index in [0.717, 1.165) is 5.69 Å². The first-order valence-electron chi connectivity index (χ1n) is 4.53. The number of hydrogen-bond acceptors (Lipinski definition) is 3. The Bertz CT molecular complexity index is 518. The van der Waals surface area contributed by atoms with E-state index in [0.29, 0.717) is 11.3 Å². The second-order valence-electron chi connectivity index (χ2n) is 3.33. The van der Waals surface area contributed by atoms with Crippen molar-refractivity contribution in [3.8, 4) is 0 Å². The van der Waals surface area contributed by atoms with Crippen LogP contribution in [0.5, 0.6) is 0 Å². The highest BCUT2D eigenvalue weighted by Crippen LogP contribution is 2.16. The minimum absolute atomic E-state index is 0.411. The van der Waals surface area contributed by atoms with Gasteiger partial charge in [0.25, 0.3) is 0 Å². The molecule has 3 N–H and O–H groups in total. The van der Waals surface area contributed by atoms with Crippen molar-refractivity contribution in [2.45, 2.75) is 13.0 Å².